The summed E-state index contributed by atoms with van der Waals surface area (Å²) in [4.78, 5) is 31.9. The zero-order valence-corrected chi connectivity index (χ0v) is 25.4. The third kappa shape index (κ3) is 5.47. The molecule has 2 aliphatic carbocycles. The lowest BCUT2D eigenvalue weighted by atomic mass is 9.80. The van der Waals surface area contributed by atoms with Crippen LogP contribution in [0, 0.1) is 30.1 Å². The number of fused-ring (bicyclic) bond motifs is 1. The van der Waals surface area contributed by atoms with Gasteiger partial charge in [0.25, 0.3) is 0 Å². The largest absolute Gasteiger partial charge is 0.439 e. The average Bonchev–Trinajstić information content (AvgIpc) is 3.60. The number of anilines is 2. The Labute approximate surface area is 256 Å². The summed E-state index contributed by atoms with van der Waals surface area (Å²) >= 11 is 0. The van der Waals surface area contributed by atoms with E-state index in [0.29, 0.717) is 42.4 Å². The predicted molar refractivity (Wildman–Crippen MR) is 168 cm³/mol. The van der Waals surface area contributed by atoms with Gasteiger partial charge < -0.3 is 19.5 Å². The highest BCUT2D eigenvalue weighted by Crippen LogP contribution is 2.39. The Morgan fingerprint density at radius 2 is 1.91 bits per heavy atom. The molecule has 7 rings (SSSR count). The van der Waals surface area contributed by atoms with Crippen molar-refractivity contribution in [3.05, 3.63) is 46.4 Å². The molecule has 44 heavy (non-hydrogen) atoms. The molecule has 3 aromatic heterocycles. The standard InChI is InChI=1S/C33H40N8O3/c1-4-22-13-15-23(16-14-22)19-41-27-28(34-20(2)24-11-8-12-24)35-30(31-38-33(42)44-39-31)36-29(27)37-32(41)40-17-18-43-21(3)26(40)25-9-6-5-7-10-25/h1,5-7,9-10,20-24,26H,8,11-19H2,2-3H3,(H,34,35,36)(H,38,39,42)/t20-,21-,22-,23-,26?/m1/s1. The van der Waals surface area contributed by atoms with Gasteiger partial charge in [-0.15, -0.1) is 12.3 Å². The molecule has 0 bridgehead atoms. The van der Waals surface area contributed by atoms with Crippen molar-refractivity contribution in [1.29, 1.82) is 0 Å². The van der Waals surface area contributed by atoms with E-state index in [1.54, 1.807) is 0 Å². The first-order valence-electron chi connectivity index (χ1n) is 16.0. The second kappa shape index (κ2) is 12.1. The summed E-state index contributed by atoms with van der Waals surface area (Å²) in [6.07, 6.45) is 13.6. The molecule has 0 amide bonds. The SMILES string of the molecule is C#C[C@H]1CC[C@H](Cn2c(N3CCO[C@H](C)C3c3ccccc3)nc3nc(-c4noc(=O)[nH]4)nc(N[C@H](C)C4CCC4)c32)CC1. The van der Waals surface area contributed by atoms with Crippen molar-refractivity contribution in [3.8, 4) is 24.0 Å². The minimum atomic E-state index is -0.650. The minimum absolute atomic E-state index is 0.0256. The molecule has 11 nitrogen and oxygen atoms in total. The van der Waals surface area contributed by atoms with E-state index in [2.05, 4.69) is 69.0 Å². The first kappa shape index (κ1) is 28.6. The van der Waals surface area contributed by atoms with Gasteiger partial charge in [0, 0.05) is 25.0 Å². The van der Waals surface area contributed by atoms with Crippen LogP contribution in [-0.4, -0.2) is 55.0 Å². The fourth-order valence-electron chi connectivity index (χ4n) is 7.14. The van der Waals surface area contributed by atoms with Crippen molar-refractivity contribution < 1.29 is 9.26 Å². The molecule has 0 radical (unpaired) electrons. The van der Waals surface area contributed by atoms with E-state index in [4.69, 9.17) is 30.6 Å². The number of rotatable bonds is 8. The second-order valence-electron chi connectivity index (χ2n) is 12.7. The average molecular weight is 597 g/mol. The first-order valence-corrected chi connectivity index (χ1v) is 16.0. The summed E-state index contributed by atoms with van der Waals surface area (Å²) in [5.74, 6) is 5.70. The summed E-state index contributed by atoms with van der Waals surface area (Å²) in [6.45, 7) is 6.42. The Kier molecular flexibility index (Phi) is 7.85. The van der Waals surface area contributed by atoms with E-state index >= 15 is 0 Å². The molecule has 4 aromatic rings. The fourth-order valence-corrected chi connectivity index (χ4v) is 7.14. The molecule has 3 fully saturated rings. The van der Waals surface area contributed by atoms with E-state index in [0.717, 1.165) is 43.7 Å². The highest BCUT2D eigenvalue weighted by atomic mass is 16.5. The molecular weight excluding hydrogens is 556 g/mol. The normalized spacial score (nSPS) is 25.0. The highest BCUT2D eigenvalue weighted by molar-refractivity contribution is 5.87. The summed E-state index contributed by atoms with van der Waals surface area (Å²) in [5.41, 5.74) is 2.60. The van der Waals surface area contributed by atoms with Crippen LogP contribution in [0.2, 0.25) is 0 Å². The van der Waals surface area contributed by atoms with Crippen LogP contribution in [0.5, 0.6) is 0 Å². The summed E-state index contributed by atoms with van der Waals surface area (Å²) in [6, 6.07) is 10.7. The number of H-pyrrole nitrogens is 1. The number of terminal acetylenes is 1. The van der Waals surface area contributed by atoms with E-state index in [9.17, 15) is 4.79 Å². The van der Waals surface area contributed by atoms with Crippen molar-refractivity contribution in [1.82, 2.24) is 29.7 Å². The zero-order chi connectivity index (χ0) is 30.2. The predicted octanol–water partition coefficient (Wildman–Crippen LogP) is 5.18. The minimum Gasteiger partial charge on any atom is -0.374 e. The Hall–Kier alpha value is -4.17. The third-order valence-electron chi connectivity index (χ3n) is 9.87. The van der Waals surface area contributed by atoms with Crippen LogP contribution in [0.4, 0.5) is 11.8 Å². The smallest absolute Gasteiger partial charge is 0.374 e. The molecule has 230 valence electrons. The van der Waals surface area contributed by atoms with E-state index in [1.165, 1.54) is 24.8 Å². The summed E-state index contributed by atoms with van der Waals surface area (Å²) in [5, 5.41) is 7.63. The molecule has 1 aliphatic heterocycles. The van der Waals surface area contributed by atoms with Gasteiger partial charge in [0.05, 0.1) is 18.8 Å². The summed E-state index contributed by atoms with van der Waals surface area (Å²) in [7, 11) is 0. The lowest BCUT2D eigenvalue weighted by molar-refractivity contribution is 0.0221. The number of ether oxygens (including phenoxy) is 1. The molecule has 0 spiro atoms. The number of imidazole rings is 1. The van der Waals surface area contributed by atoms with Crippen LogP contribution in [0.15, 0.2) is 39.6 Å². The van der Waals surface area contributed by atoms with Crippen LogP contribution < -0.4 is 16.0 Å². The number of hydrogen-bond acceptors (Lipinski definition) is 9. The maximum atomic E-state index is 11.9. The maximum Gasteiger partial charge on any atom is 0.439 e. The quantitative estimate of drug-likeness (QED) is 0.265. The van der Waals surface area contributed by atoms with Gasteiger partial charge in [0.15, 0.2) is 11.5 Å². The zero-order valence-electron chi connectivity index (χ0n) is 25.4. The molecule has 1 saturated heterocycles. The van der Waals surface area contributed by atoms with Crippen molar-refractivity contribution in [2.75, 3.05) is 23.4 Å². The molecule has 2 N–H and O–H groups in total. The van der Waals surface area contributed by atoms with E-state index in [-0.39, 0.29) is 29.8 Å². The Morgan fingerprint density at radius 3 is 2.59 bits per heavy atom. The number of benzene rings is 1. The van der Waals surface area contributed by atoms with Crippen LogP contribution in [-0.2, 0) is 11.3 Å². The van der Waals surface area contributed by atoms with Crippen LogP contribution in [0.3, 0.4) is 0 Å². The molecule has 11 heteroatoms. The van der Waals surface area contributed by atoms with Gasteiger partial charge in [0.1, 0.15) is 5.52 Å². The number of nitrogens with one attached hydrogen (secondary N) is 2. The first-order chi connectivity index (χ1) is 21.5. The molecular formula is C33H40N8O3. The van der Waals surface area contributed by atoms with Crippen LogP contribution >= 0.6 is 0 Å². The number of morpholine rings is 1. The maximum absolute atomic E-state index is 11.9. The monoisotopic (exact) mass is 596 g/mol. The van der Waals surface area contributed by atoms with Crippen LogP contribution in [0.25, 0.3) is 22.8 Å². The number of hydrogen-bond donors (Lipinski definition) is 2. The van der Waals surface area contributed by atoms with Crippen LogP contribution in [0.1, 0.15) is 70.4 Å². The topological polar surface area (TPSA) is 127 Å². The van der Waals surface area contributed by atoms with Gasteiger partial charge in [-0.05, 0) is 69.8 Å². The van der Waals surface area contributed by atoms with Gasteiger partial charge in [0.2, 0.25) is 17.6 Å². The molecule has 4 heterocycles. The number of aromatic amines is 1. The lowest BCUT2D eigenvalue weighted by Gasteiger charge is -2.41. The Morgan fingerprint density at radius 1 is 1.11 bits per heavy atom. The van der Waals surface area contributed by atoms with Gasteiger partial charge in [-0.2, -0.15) is 4.98 Å². The van der Waals surface area contributed by atoms with E-state index < -0.39 is 5.76 Å². The van der Waals surface area contributed by atoms with Crippen molar-refractivity contribution >= 4 is 22.9 Å². The third-order valence-corrected chi connectivity index (χ3v) is 9.87. The van der Waals surface area contributed by atoms with Crippen molar-refractivity contribution in [3.63, 3.8) is 0 Å². The molecule has 3 atom stereocenters. The Bertz CT molecular complexity index is 1690. The Balaban J connectivity index is 1.38. The van der Waals surface area contributed by atoms with Gasteiger partial charge in [-0.3, -0.25) is 9.51 Å². The molecule has 3 aliphatic rings. The highest BCUT2D eigenvalue weighted by Gasteiger charge is 2.36. The fraction of sp³-hybridized carbons (Fsp3) is 0.545. The van der Waals surface area contributed by atoms with Gasteiger partial charge >= 0.3 is 5.76 Å². The van der Waals surface area contributed by atoms with E-state index in [1.807, 2.05) is 6.07 Å². The van der Waals surface area contributed by atoms with Crippen molar-refractivity contribution in [2.45, 2.75) is 83.5 Å². The number of aromatic nitrogens is 6. The second-order valence-corrected chi connectivity index (χ2v) is 12.7. The molecule has 2 saturated carbocycles. The lowest BCUT2D eigenvalue weighted by Crippen LogP contribution is -2.45. The van der Waals surface area contributed by atoms with Gasteiger partial charge in [-0.25, -0.2) is 14.8 Å². The molecule has 1 aromatic carbocycles. The van der Waals surface area contributed by atoms with Crippen molar-refractivity contribution in [2.24, 2.45) is 17.8 Å². The summed E-state index contributed by atoms with van der Waals surface area (Å²) < 4.78 is 13.3. The van der Waals surface area contributed by atoms with Gasteiger partial charge in [-0.1, -0.05) is 41.9 Å². The molecule has 1 unspecified atom stereocenters. The number of nitrogens with zero attached hydrogens (tertiary/aromatic N) is 6.